The quantitative estimate of drug-likeness (QED) is 0.775. The van der Waals surface area contributed by atoms with Gasteiger partial charge in [-0.15, -0.1) is 5.10 Å². The normalized spacial score (nSPS) is 14.4. The largest absolute Gasteiger partial charge is 0.494 e. The molecule has 154 valence electrons. The van der Waals surface area contributed by atoms with Gasteiger partial charge in [-0.2, -0.15) is 5.10 Å². The Morgan fingerprint density at radius 2 is 2.00 bits per heavy atom. The van der Waals surface area contributed by atoms with Crippen LogP contribution in [-0.2, 0) is 0 Å². The van der Waals surface area contributed by atoms with Crippen LogP contribution in [0.4, 0.5) is 10.6 Å². The molecule has 2 aromatic rings. The molecule has 1 aliphatic heterocycles. The highest BCUT2D eigenvalue weighted by molar-refractivity contribution is 5.88. The lowest BCUT2D eigenvalue weighted by Gasteiger charge is -2.28. The van der Waals surface area contributed by atoms with Gasteiger partial charge in [0.1, 0.15) is 5.75 Å². The Bertz CT molecular complexity index is 833. The van der Waals surface area contributed by atoms with Gasteiger partial charge in [-0.1, -0.05) is 44.6 Å². The van der Waals surface area contributed by atoms with Crippen molar-refractivity contribution in [2.24, 2.45) is 5.41 Å². The van der Waals surface area contributed by atoms with Gasteiger partial charge in [-0.3, -0.25) is 5.32 Å². The van der Waals surface area contributed by atoms with E-state index in [1.165, 1.54) is 5.57 Å². The van der Waals surface area contributed by atoms with Crippen LogP contribution in [0, 0.1) is 5.41 Å². The lowest BCUT2D eigenvalue weighted by molar-refractivity contribution is 0.207. The molecule has 1 aromatic carbocycles. The van der Waals surface area contributed by atoms with E-state index in [-0.39, 0.29) is 11.4 Å². The van der Waals surface area contributed by atoms with Crippen LogP contribution in [-0.4, -0.2) is 40.8 Å². The number of ether oxygens (including phenoxy) is 1. The number of hydrogen-bond acceptors (Lipinski definition) is 4. The standard InChI is InChI=1S/C23H30N4O2/c1-23(2,3)11-15-29-20-7-4-6-19(17-20)16-18-9-13-27(14-10-18)22(28)25-21-8-5-12-24-26-21/h4-8,12,16-17H,9-11,13-15H2,1-3H3,(H,25,26,28). The van der Waals surface area contributed by atoms with Gasteiger partial charge in [-0.25, -0.2) is 4.79 Å². The van der Waals surface area contributed by atoms with Crippen molar-refractivity contribution in [2.75, 3.05) is 25.0 Å². The molecule has 6 nitrogen and oxygen atoms in total. The Morgan fingerprint density at radius 3 is 2.69 bits per heavy atom. The van der Waals surface area contributed by atoms with Gasteiger partial charge in [0.05, 0.1) is 6.61 Å². The number of rotatable bonds is 5. The summed E-state index contributed by atoms with van der Waals surface area (Å²) >= 11 is 0. The summed E-state index contributed by atoms with van der Waals surface area (Å²) in [6.07, 6.45) is 6.55. The first kappa shape index (κ1) is 20.8. The first-order chi connectivity index (χ1) is 13.9. The molecule has 1 aliphatic rings. The fraction of sp³-hybridized carbons (Fsp3) is 0.435. The van der Waals surface area contributed by atoms with Gasteiger partial charge >= 0.3 is 6.03 Å². The molecule has 1 saturated heterocycles. The van der Waals surface area contributed by atoms with Crippen molar-refractivity contribution in [1.29, 1.82) is 0 Å². The third-order valence-electron chi connectivity index (χ3n) is 4.85. The molecule has 0 radical (unpaired) electrons. The Balaban J connectivity index is 1.51. The molecule has 2 amide bonds. The third kappa shape index (κ3) is 6.89. The number of piperidine rings is 1. The molecule has 1 N–H and O–H groups in total. The van der Waals surface area contributed by atoms with Crippen molar-refractivity contribution in [3.8, 4) is 5.75 Å². The average molecular weight is 395 g/mol. The number of aromatic nitrogens is 2. The van der Waals surface area contributed by atoms with E-state index in [1.807, 2.05) is 17.0 Å². The second-order valence-electron chi connectivity index (χ2n) is 8.56. The number of carbonyl (C=O) groups excluding carboxylic acids is 1. The van der Waals surface area contributed by atoms with Crippen LogP contribution in [0.15, 0.2) is 48.2 Å². The second-order valence-corrected chi connectivity index (χ2v) is 8.56. The van der Waals surface area contributed by atoms with Crippen LogP contribution in [0.1, 0.15) is 45.6 Å². The molecule has 29 heavy (non-hydrogen) atoms. The summed E-state index contributed by atoms with van der Waals surface area (Å²) < 4.78 is 5.92. The van der Waals surface area contributed by atoms with E-state index in [4.69, 9.17) is 4.74 Å². The number of hydrogen-bond donors (Lipinski definition) is 1. The molecule has 0 aliphatic carbocycles. The van der Waals surface area contributed by atoms with E-state index in [9.17, 15) is 4.79 Å². The third-order valence-corrected chi connectivity index (χ3v) is 4.85. The van der Waals surface area contributed by atoms with E-state index in [1.54, 1.807) is 18.3 Å². The van der Waals surface area contributed by atoms with E-state index in [0.717, 1.165) is 37.2 Å². The monoisotopic (exact) mass is 394 g/mol. The van der Waals surface area contributed by atoms with Crippen LogP contribution in [0.2, 0.25) is 0 Å². The van der Waals surface area contributed by atoms with Crippen LogP contribution < -0.4 is 10.1 Å². The fourth-order valence-corrected chi connectivity index (χ4v) is 3.10. The van der Waals surface area contributed by atoms with Crippen LogP contribution in [0.5, 0.6) is 5.75 Å². The lowest BCUT2D eigenvalue weighted by atomic mass is 9.93. The van der Waals surface area contributed by atoms with Crippen molar-refractivity contribution in [3.63, 3.8) is 0 Å². The lowest BCUT2D eigenvalue weighted by Crippen LogP contribution is -2.39. The SMILES string of the molecule is CC(C)(C)CCOc1cccc(C=C2CCN(C(=O)Nc3cccnn3)CC2)c1. The van der Waals surface area contributed by atoms with Crippen molar-refractivity contribution < 1.29 is 9.53 Å². The summed E-state index contributed by atoms with van der Waals surface area (Å²) in [4.78, 5) is 14.2. The molecule has 0 spiro atoms. The number of carbonyl (C=O) groups is 1. The number of benzene rings is 1. The van der Waals surface area contributed by atoms with E-state index >= 15 is 0 Å². The minimum atomic E-state index is -0.126. The number of urea groups is 1. The number of anilines is 1. The van der Waals surface area contributed by atoms with Gasteiger partial charge in [0.25, 0.3) is 0 Å². The van der Waals surface area contributed by atoms with E-state index < -0.39 is 0 Å². The Hall–Kier alpha value is -2.89. The highest BCUT2D eigenvalue weighted by Gasteiger charge is 2.19. The molecule has 1 aromatic heterocycles. The zero-order chi connectivity index (χ0) is 20.7. The highest BCUT2D eigenvalue weighted by atomic mass is 16.5. The molecular formula is C23H30N4O2. The molecule has 1 fully saturated rings. The van der Waals surface area contributed by atoms with Gasteiger partial charge < -0.3 is 9.64 Å². The summed E-state index contributed by atoms with van der Waals surface area (Å²) in [5, 5.41) is 10.5. The molecule has 0 atom stereocenters. The number of nitrogens with one attached hydrogen (secondary N) is 1. The highest BCUT2D eigenvalue weighted by Crippen LogP contribution is 2.23. The molecule has 0 unspecified atom stereocenters. The van der Waals surface area contributed by atoms with Crippen molar-refractivity contribution in [3.05, 3.63) is 53.7 Å². The topological polar surface area (TPSA) is 67.3 Å². The molecule has 0 saturated carbocycles. The van der Waals surface area contributed by atoms with E-state index in [2.05, 4.69) is 54.5 Å². The summed E-state index contributed by atoms with van der Waals surface area (Å²) in [5.41, 5.74) is 2.76. The van der Waals surface area contributed by atoms with Crippen molar-refractivity contribution >= 4 is 17.9 Å². The zero-order valence-electron chi connectivity index (χ0n) is 17.5. The molecule has 0 bridgehead atoms. The minimum absolute atomic E-state index is 0.126. The van der Waals surface area contributed by atoms with Crippen LogP contribution >= 0.6 is 0 Å². The van der Waals surface area contributed by atoms with Gasteiger partial charge in [0.15, 0.2) is 5.82 Å². The van der Waals surface area contributed by atoms with Crippen molar-refractivity contribution in [1.82, 2.24) is 15.1 Å². The fourth-order valence-electron chi connectivity index (χ4n) is 3.10. The molecular weight excluding hydrogens is 364 g/mol. The maximum Gasteiger partial charge on any atom is 0.323 e. The number of likely N-dealkylation sites (tertiary alicyclic amines) is 1. The molecule has 3 rings (SSSR count). The first-order valence-corrected chi connectivity index (χ1v) is 10.1. The van der Waals surface area contributed by atoms with Crippen molar-refractivity contribution in [2.45, 2.75) is 40.0 Å². The molecule has 6 heteroatoms. The first-order valence-electron chi connectivity index (χ1n) is 10.1. The Morgan fingerprint density at radius 1 is 1.21 bits per heavy atom. The summed E-state index contributed by atoms with van der Waals surface area (Å²) in [6, 6.07) is 11.6. The number of amides is 2. The van der Waals surface area contributed by atoms with Crippen LogP contribution in [0.25, 0.3) is 6.08 Å². The van der Waals surface area contributed by atoms with E-state index in [0.29, 0.717) is 18.9 Å². The Labute approximate surface area is 173 Å². The summed E-state index contributed by atoms with van der Waals surface area (Å²) in [6.45, 7) is 8.77. The van der Waals surface area contributed by atoms with Gasteiger partial charge in [0.2, 0.25) is 0 Å². The summed E-state index contributed by atoms with van der Waals surface area (Å²) in [5.74, 6) is 1.38. The van der Waals surface area contributed by atoms with Gasteiger partial charge in [0, 0.05) is 19.3 Å². The predicted molar refractivity (Wildman–Crippen MR) is 116 cm³/mol. The smallest absolute Gasteiger partial charge is 0.323 e. The van der Waals surface area contributed by atoms with Gasteiger partial charge in [-0.05, 0) is 54.5 Å². The second kappa shape index (κ2) is 9.54. The average Bonchev–Trinajstić information content (AvgIpc) is 2.69. The summed E-state index contributed by atoms with van der Waals surface area (Å²) in [7, 11) is 0. The number of nitrogens with zero attached hydrogens (tertiary/aromatic N) is 3. The predicted octanol–water partition coefficient (Wildman–Crippen LogP) is 5.00. The zero-order valence-corrected chi connectivity index (χ0v) is 17.5. The maximum atomic E-state index is 12.4. The minimum Gasteiger partial charge on any atom is -0.494 e. The maximum absolute atomic E-state index is 12.4. The molecule has 2 heterocycles. The van der Waals surface area contributed by atoms with Crippen LogP contribution in [0.3, 0.4) is 0 Å². The Kier molecular flexibility index (Phi) is 6.86.